The maximum atomic E-state index is 6.08. The quantitative estimate of drug-likeness (QED) is 0.761. The number of anilines is 2. The van der Waals surface area contributed by atoms with E-state index in [0.717, 1.165) is 24.7 Å². The van der Waals surface area contributed by atoms with Gasteiger partial charge in [-0.25, -0.2) is 0 Å². The molecule has 0 aliphatic carbocycles. The molecule has 0 bridgehead atoms. The average Bonchev–Trinajstić information content (AvgIpc) is 2.54. The number of para-hydroxylation sites is 2. The maximum absolute atomic E-state index is 6.08. The molecule has 1 atom stereocenters. The summed E-state index contributed by atoms with van der Waals surface area (Å²) in [6.45, 7) is 9.37. The lowest BCUT2D eigenvalue weighted by Gasteiger charge is -2.30. The number of hydrogen-bond acceptors (Lipinski definition) is 2. The van der Waals surface area contributed by atoms with Crippen LogP contribution in [0.1, 0.15) is 40.0 Å². The average molecular weight is 246 g/mol. The third kappa shape index (κ3) is 2.98. The van der Waals surface area contributed by atoms with Crippen molar-refractivity contribution < 1.29 is 0 Å². The van der Waals surface area contributed by atoms with E-state index in [2.05, 4.69) is 37.8 Å². The van der Waals surface area contributed by atoms with Crippen LogP contribution in [0.25, 0.3) is 0 Å². The van der Waals surface area contributed by atoms with E-state index in [1.165, 1.54) is 24.9 Å². The minimum atomic E-state index is 0.429. The van der Waals surface area contributed by atoms with Crippen LogP contribution in [0, 0.1) is 11.3 Å². The lowest BCUT2D eigenvalue weighted by atomic mass is 9.77. The van der Waals surface area contributed by atoms with E-state index in [-0.39, 0.29) is 0 Å². The van der Waals surface area contributed by atoms with Gasteiger partial charge in [-0.15, -0.1) is 0 Å². The molecule has 0 saturated carbocycles. The van der Waals surface area contributed by atoms with Crippen molar-refractivity contribution in [2.45, 2.75) is 40.0 Å². The van der Waals surface area contributed by atoms with E-state index in [0.29, 0.717) is 5.41 Å². The molecule has 0 radical (unpaired) electrons. The molecule has 1 aliphatic heterocycles. The molecule has 0 aromatic heterocycles. The molecular formula is C16H26N2. The minimum Gasteiger partial charge on any atom is -0.397 e. The van der Waals surface area contributed by atoms with Gasteiger partial charge in [0, 0.05) is 13.1 Å². The summed E-state index contributed by atoms with van der Waals surface area (Å²) in [6, 6.07) is 8.24. The van der Waals surface area contributed by atoms with Crippen LogP contribution in [0.4, 0.5) is 11.4 Å². The minimum absolute atomic E-state index is 0.429. The Morgan fingerprint density at radius 3 is 2.50 bits per heavy atom. The number of nitrogens with two attached hydrogens (primary N) is 1. The molecular weight excluding hydrogens is 220 g/mol. The summed E-state index contributed by atoms with van der Waals surface area (Å²) in [4.78, 5) is 2.46. The normalized spacial score (nSPS) is 21.7. The van der Waals surface area contributed by atoms with Crippen molar-refractivity contribution in [3.8, 4) is 0 Å². The zero-order chi connectivity index (χ0) is 13.2. The highest BCUT2D eigenvalue weighted by Crippen LogP contribution is 2.35. The first-order valence-electron chi connectivity index (χ1n) is 7.08. The van der Waals surface area contributed by atoms with E-state index in [1.807, 2.05) is 12.1 Å². The first-order chi connectivity index (χ1) is 8.48. The Morgan fingerprint density at radius 2 is 1.83 bits per heavy atom. The number of nitrogens with zero attached hydrogens (tertiary/aromatic N) is 1. The summed E-state index contributed by atoms with van der Waals surface area (Å²) in [5.41, 5.74) is 8.63. The van der Waals surface area contributed by atoms with Gasteiger partial charge in [0.15, 0.2) is 0 Å². The van der Waals surface area contributed by atoms with Gasteiger partial charge in [-0.3, -0.25) is 0 Å². The van der Waals surface area contributed by atoms with Crippen LogP contribution in [0.2, 0.25) is 0 Å². The summed E-state index contributed by atoms with van der Waals surface area (Å²) >= 11 is 0. The molecule has 2 nitrogen and oxygen atoms in total. The molecule has 0 spiro atoms. The first kappa shape index (κ1) is 13.3. The largest absolute Gasteiger partial charge is 0.397 e. The van der Waals surface area contributed by atoms with E-state index >= 15 is 0 Å². The fourth-order valence-electron chi connectivity index (χ4n) is 2.98. The highest BCUT2D eigenvalue weighted by atomic mass is 15.1. The van der Waals surface area contributed by atoms with Crippen LogP contribution in [-0.2, 0) is 0 Å². The highest BCUT2D eigenvalue weighted by Gasteiger charge is 2.27. The summed E-state index contributed by atoms with van der Waals surface area (Å²) in [5, 5.41) is 0. The lowest BCUT2D eigenvalue weighted by Crippen LogP contribution is -2.26. The highest BCUT2D eigenvalue weighted by molar-refractivity contribution is 5.67. The predicted molar refractivity (Wildman–Crippen MR) is 79.9 cm³/mol. The van der Waals surface area contributed by atoms with Crippen molar-refractivity contribution in [3.63, 3.8) is 0 Å². The van der Waals surface area contributed by atoms with Gasteiger partial charge in [-0.2, -0.15) is 0 Å². The SMILES string of the molecule is CC(C)(C)C1CCCN(c2ccccc2N)CC1. The number of hydrogen-bond donors (Lipinski definition) is 1. The molecule has 1 unspecified atom stereocenters. The zero-order valence-corrected chi connectivity index (χ0v) is 11.9. The van der Waals surface area contributed by atoms with E-state index in [4.69, 9.17) is 5.73 Å². The summed E-state index contributed by atoms with van der Waals surface area (Å²) < 4.78 is 0. The van der Waals surface area contributed by atoms with Gasteiger partial charge in [0.2, 0.25) is 0 Å². The standard InChI is InChI=1S/C16H26N2/c1-16(2,3)13-7-6-11-18(12-10-13)15-9-5-4-8-14(15)17/h4-5,8-9,13H,6-7,10-12,17H2,1-3H3. The molecule has 18 heavy (non-hydrogen) atoms. The molecule has 1 aliphatic rings. The Bertz CT molecular complexity index is 392. The number of rotatable bonds is 1. The summed E-state index contributed by atoms with van der Waals surface area (Å²) in [7, 11) is 0. The molecule has 2 N–H and O–H groups in total. The lowest BCUT2D eigenvalue weighted by molar-refractivity contribution is 0.220. The first-order valence-corrected chi connectivity index (χ1v) is 7.08. The third-order valence-electron chi connectivity index (χ3n) is 4.23. The molecule has 1 heterocycles. The molecule has 2 heteroatoms. The number of nitrogen functional groups attached to an aromatic ring is 1. The van der Waals surface area contributed by atoms with E-state index in [1.54, 1.807) is 0 Å². The van der Waals surface area contributed by atoms with Gasteiger partial charge >= 0.3 is 0 Å². The monoisotopic (exact) mass is 246 g/mol. The topological polar surface area (TPSA) is 29.3 Å². The van der Waals surface area contributed by atoms with Gasteiger partial charge in [0.05, 0.1) is 11.4 Å². The van der Waals surface area contributed by atoms with Crippen LogP contribution in [0.3, 0.4) is 0 Å². The van der Waals surface area contributed by atoms with Crippen LogP contribution in [0.5, 0.6) is 0 Å². The Labute approximate surface area is 111 Å². The van der Waals surface area contributed by atoms with Crippen molar-refractivity contribution in [2.75, 3.05) is 23.7 Å². The second-order valence-corrected chi connectivity index (χ2v) is 6.54. The van der Waals surface area contributed by atoms with Gasteiger partial charge in [-0.05, 0) is 42.7 Å². The molecule has 1 saturated heterocycles. The number of benzene rings is 1. The molecule has 0 amide bonds. The van der Waals surface area contributed by atoms with Crippen molar-refractivity contribution in [1.29, 1.82) is 0 Å². The molecule has 2 rings (SSSR count). The zero-order valence-electron chi connectivity index (χ0n) is 11.9. The van der Waals surface area contributed by atoms with Crippen LogP contribution >= 0.6 is 0 Å². The Kier molecular flexibility index (Phi) is 3.84. The van der Waals surface area contributed by atoms with Gasteiger partial charge in [0.25, 0.3) is 0 Å². The smallest absolute Gasteiger partial charge is 0.0599 e. The molecule has 1 aromatic rings. The Morgan fingerprint density at radius 1 is 1.11 bits per heavy atom. The maximum Gasteiger partial charge on any atom is 0.0599 e. The molecule has 1 aromatic carbocycles. The van der Waals surface area contributed by atoms with Gasteiger partial charge < -0.3 is 10.6 Å². The second kappa shape index (κ2) is 5.21. The Hall–Kier alpha value is -1.18. The van der Waals surface area contributed by atoms with Crippen molar-refractivity contribution >= 4 is 11.4 Å². The van der Waals surface area contributed by atoms with E-state index < -0.39 is 0 Å². The van der Waals surface area contributed by atoms with Gasteiger partial charge in [0.1, 0.15) is 0 Å². The second-order valence-electron chi connectivity index (χ2n) is 6.54. The van der Waals surface area contributed by atoms with Crippen molar-refractivity contribution in [2.24, 2.45) is 11.3 Å². The van der Waals surface area contributed by atoms with Crippen LogP contribution in [0.15, 0.2) is 24.3 Å². The predicted octanol–water partition coefficient (Wildman–Crippen LogP) is 3.92. The third-order valence-corrected chi connectivity index (χ3v) is 4.23. The summed E-state index contributed by atoms with van der Waals surface area (Å²) in [5.74, 6) is 0.826. The Balaban J connectivity index is 2.08. The fourth-order valence-corrected chi connectivity index (χ4v) is 2.98. The van der Waals surface area contributed by atoms with Crippen LogP contribution < -0.4 is 10.6 Å². The van der Waals surface area contributed by atoms with Crippen molar-refractivity contribution in [1.82, 2.24) is 0 Å². The fraction of sp³-hybridized carbons (Fsp3) is 0.625. The van der Waals surface area contributed by atoms with Crippen LogP contribution in [-0.4, -0.2) is 13.1 Å². The van der Waals surface area contributed by atoms with Gasteiger partial charge in [-0.1, -0.05) is 32.9 Å². The molecule has 100 valence electrons. The van der Waals surface area contributed by atoms with E-state index in [9.17, 15) is 0 Å². The summed E-state index contributed by atoms with van der Waals surface area (Å²) in [6.07, 6.45) is 3.89. The molecule has 1 fully saturated rings. The van der Waals surface area contributed by atoms with Crippen molar-refractivity contribution in [3.05, 3.63) is 24.3 Å².